The highest BCUT2D eigenvalue weighted by atomic mass is 35.5. The number of hydrogen-bond acceptors (Lipinski definition) is 4. The summed E-state index contributed by atoms with van der Waals surface area (Å²) in [4.78, 5) is 12.7. The Balaban J connectivity index is 0.00000288. The zero-order valence-electron chi connectivity index (χ0n) is 14.7. The summed E-state index contributed by atoms with van der Waals surface area (Å²) in [5.74, 6) is -0.426. The third-order valence-electron chi connectivity index (χ3n) is 4.54. The molecule has 1 amide bonds. The van der Waals surface area contributed by atoms with Gasteiger partial charge in [-0.25, -0.2) is 8.42 Å². The van der Waals surface area contributed by atoms with E-state index in [2.05, 4.69) is 31.4 Å². The van der Waals surface area contributed by atoms with Crippen molar-refractivity contribution >= 4 is 33.8 Å². The SMILES string of the molecule is CC(C)(C)c1ccc(NC(=O)C2(S(C)(=O)=O)CCNCC2)cc1.Cl. The first-order valence-electron chi connectivity index (χ1n) is 7.89. The van der Waals surface area contributed by atoms with Crippen LogP contribution in [0.2, 0.25) is 0 Å². The van der Waals surface area contributed by atoms with Gasteiger partial charge in [-0.1, -0.05) is 32.9 Å². The first-order valence-corrected chi connectivity index (χ1v) is 9.78. The zero-order valence-corrected chi connectivity index (χ0v) is 16.3. The minimum atomic E-state index is -3.49. The van der Waals surface area contributed by atoms with Gasteiger partial charge in [0.2, 0.25) is 5.91 Å². The van der Waals surface area contributed by atoms with Crippen LogP contribution >= 0.6 is 12.4 Å². The Morgan fingerprint density at radius 3 is 2.04 bits per heavy atom. The van der Waals surface area contributed by atoms with Gasteiger partial charge in [0.25, 0.3) is 0 Å². The summed E-state index contributed by atoms with van der Waals surface area (Å²) in [5, 5.41) is 5.90. The fourth-order valence-corrected chi connectivity index (χ4v) is 4.23. The molecular formula is C17H27ClN2O3S. The van der Waals surface area contributed by atoms with Crippen molar-refractivity contribution in [3.05, 3.63) is 29.8 Å². The lowest BCUT2D eigenvalue weighted by Gasteiger charge is -2.34. The lowest BCUT2D eigenvalue weighted by Crippen LogP contribution is -2.55. The normalized spacial score (nSPS) is 17.7. The number of carbonyl (C=O) groups is 1. The number of halogens is 1. The molecular weight excluding hydrogens is 348 g/mol. The fourth-order valence-electron chi connectivity index (χ4n) is 2.90. The summed E-state index contributed by atoms with van der Waals surface area (Å²) in [5.41, 5.74) is 1.82. The summed E-state index contributed by atoms with van der Waals surface area (Å²) in [6.07, 6.45) is 1.76. The molecule has 0 aliphatic carbocycles. The fraction of sp³-hybridized carbons (Fsp3) is 0.588. The molecule has 1 heterocycles. The van der Waals surface area contributed by atoms with Crippen molar-refractivity contribution in [2.75, 3.05) is 24.7 Å². The Morgan fingerprint density at radius 2 is 1.62 bits per heavy atom. The molecule has 1 aliphatic heterocycles. The monoisotopic (exact) mass is 374 g/mol. The van der Waals surface area contributed by atoms with Crippen molar-refractivity contribution in [2.45, 2.75) is 43.8 Å². The maximum Gasteiger partial charge on any atom is 0.245 e. The molecule has 1 saturated heterocycles. The van der Waals surface area contributed by atoms with E-state index in [0.29, 0.717) is 31.6 Å². The van der Waals surface area contributed by atoms with E-state index < -0.39 is 20.5 Å². The number of rotatable bonds is 3. The van der Waals surface area contributed by atoms with Gasteiger partial charge in [-0.15, -0.1) is 12.4 Å². The quantitative estimate of drug-likeness (QED) is 0.852. The number of carbonyl (C=O) groups excluding carboxylic acids is 1. The summed E-state index contributed by atoms with van der Waals surface area (Å²) in [6.45, 7) is 7.42. The van der Waals surface area contributed by atoms with E-state index in [-0.39, 0.29) is 17.8 Å². The first kappa shape index (κ1) is 20.9. The van der Waals surface area contributed by atoms with E-state index in [1.807, 2.05) is 24.3 Å². The number of anilines is 1. The highest BCUT2D eigenvalue weighted by Gasteiger charge is 2.48. The van der Waals surface area contributed by atoms with E-state index in [0.717, 1.165) is 11.8 Å². The van der Waals surface area contributed by atoms with Gasteiger partial charge in [0.1, 0.15) is 0 Å². The van der Waals surface area contributed by atoms with Gasteiger partial charge in [-0.3, -0.25) is 4.79 Å². The Kier molecular flexibility index (Phi) is 6.47. The van der Waals surface area contributed by atoms with Crippen LogP contribution in [-0.4, -0.2) is 38.4 Å². The number of nitrogens with one attached hydrogen (secondary N) is 2. The molecule has 0 spiro atoms. The molecule has 0 atom stereocenters. The van der Waals surface area contributed by atoms with Gasteiger partial charge in [-0.05, 0) is 49.0 Å². The van der Waals surface area contributed by atoms with Gasteiger partial charge >= 0.3 is 0 Å². The van der Waals surface area contributed by atoms with E-state index in [4.69, 9.17) is 0 Å². The predicted octanol–water partition coefficient (Wildman–Crippen LogP) is 2.51. The molecule has 1 aromatic rings. The van der Waals surface area contributed by atoms with Crippen LogP contribution in [0.1, 0.15) is 39.2 Å². The Hall–Kier alpha value is -1.11. The van der Waals surface area contributed by atoms with E-state index >= 15 is 0 Å². The Bertz CT molecular complexity index is 673. The molecule has 0 radical (unpaired) electrons. The second-order valence-corrected chi connectivity index (χ2v) is 9.62. The molecule has 24 heavy (non-hydrogen) atoms. The van der Waals surface area contributed by atoms with Gasteiger partial charge in [0, 0.05) is 11.9 Å². The highest BCUT2D eigenvalue weighted by Crippen LogP contribution is 2.30. The molecule has 7 heteroatoms. The zero-order chi connectivity index (χ0) is 17.3. The molecule has 136 valence electrons. The average Bonchev–Trinajstić information content (AvgIpc) is 2.46. The number of amides is 1. The van der Waals surface area contributed by atoms with Gasteiger partial charge in [0.15, 0.2) is 14.6 Å². The van der Waals surface area contributed by atoms with E-state index in [9.17, 15) is 13.2 Å². The minimum Gasteiger partial charge on any atom is -0.325 e. The van der Waals surface area contributed by atoms with Crippen molar-refractivity contribution in [1.82, 2.24) is 5.32 Å². The first-order chi connectivity index (χ1) is 10.6. The average molecular weight is 375 g/mol. The standard InChI is InChI=1S/C17H26N2O3S.ClH/c1-16(2,3)13-5-7-14(8-6-13)19-15(20)17(23(4,21)22)9-11-18-12-10-17;/h5-8,18H,9-12H2,1-4H3,(H,19,20);1H. The van der Waals surface area contributed by atoms with Gasteiger partial charge < -0.3 is 10.6 Å². The van der Waals surface area contributed by atoms with Crippen molar-refractivity contribution in [3.8, 4) is 0 Å². The molecule has 1 fully saturated rings. The summed E-state index contributed by atoms with van der Waals surface area (Å²) in [6, 6.07) is 7.58. The van der Waals surface area contributed by atoms with E-state index in [1.165, 1.54) is 0 Å². The van der Waals surface area contributed by atoms with Crippen LogP contribution in [0.5, 0.6) is 0 Å². The number of benzene rings is 1. The lowest BCUT2D eigenvalue weighted by molar-refractivity contribution is -0.119. The summed E-state index contributed by atoms with van der Waals surface area (Å²) in [7, 11) is -3.49. The highest BCUT2D eigenvalue weighted by molar-refractivity contribution is 7.92. The van der Waals surface area contributed by atoms with Gasteiger partial charge in [-0.2, -0.15) is 0 Å². The topological polar surface area (TPSA) is 75.3 Å². The van der Waals surface area contributed by atoms with Crippen LogP contribution in [0.3, 0.4) is 0 Å². The molecule has 2 rings (SSSR count). The smallest absolute Gasteiger partial charge is 0.245 e. The van der Waals surface area contributed by atoms with Crippen molar-refractivity contribution in [2.24, 2.45) is 0 Å². The number of sulfone groups is 1. The molecule has 1 aliphatic rings. The number of hydrogen-bond donors (Lipinski definition) is 2. The van der Waals surface area contributed by atoms with Crippen LogP contribution < -0.4 is 10.6 Å². The van der Waals surface area contributed by atoms with E-state index in [1.54, 1.807) is 0 Å². The minimum absolute atomic E-state index is 0. The summed E-state index contributed by atoms with van der Waals surface area (Å²) < 4.78 is 23.1. The molecule has 0 unspecified atom stereocenters. The van der Waals surface area contributed by atoms with Crippen LogP contribution in [0, 0.1) is 0 Å². The second kappa shape index (κ2) is 7.42. The van der Waals surface area contributed by atoms with Crippen molar-refractivity contribution in [1.29, 1.82) is 0 Å². The van der Waals surface area contributed by atoms with Crippen LogP contribution in [-0.2, 0) is 20.0 Å². The van der Waals surface area contributed by atoms with Crippen LogP contribution in [0.25, 0.3) is 0 Å². The van der Waals surface area contributed by atoms with Crippen molar-refractivity contribution in [3.63, 3.8) is 0 Å². The largest absolute Gasteiger partial charge is 0.325 e. The molecule has 2 N–H and O–H groups in total. The molecule has 5 nitrogen and oxygen atoms in total. The molecule has 0 aromatic heterocycles. The number of piperidine rings is 1. The Morgan fingerprint density at radius 1 is 1.12 bits per heavy atom. The third-order valence-corrected chi connectivity index (χ3v) is 6.56. The maximum absolute atomic E-state index is 12.7. The second-order valence-electron chi connectivity index (χ2n) is 7.30. The molecule has 0 bridgehead atoms. The van der Waals surface area contributed by atoms with Crippen LogP contribution in [0.4, 0.5) is 5.69 Å². The maximum atomic E-state index is 12.7. The molecule has 0 saturated carbocycles. The van der Waals surface area contributed by atoms with Gasteiger partial charge in [0.05, 0.1) is 0 Å². The predicted molar refractivity (Wildman–Crippen MR) is 101 cm³/mol. The third kappa shape index (κ3) is 4.29. The summed E-state index contributed by atoms with van der Waals surface area (Å²) >= 11 is 0. The van der Waals surface area contributed by atoms with Crippen LogP contribution in [0.15, 0.2) is 24.3 Å². The molecule has 1 aromatic carbocycles. The Labute approximate surface area is 150 Å². The lowest BCUT2D eigenvalue weighted by atomic mass is 9.87. The van der Waals surface area contributed by atoms with Crippen molar-refractivity contribution < 1.29 is 13.2 Å².